The van der Waals surface area contributed by atoms with Gasteiger partial charge in [0.05, 0.1) is 16.9 Å². The van der Waals surface area contributed by atoms with Crippen molar-refractivity contribution in [3.05, 3.63) is 111 Å². The Hall–Kier alpha value is -4.53. The number of para-hydroxylation sites is 1. The van der Waals surface area contributed by atoms with Gasteiger partial charge >= 0.3 is 5.69 Å². The second kappa shape index (κ2) is 9.53. The molecule has 0 bridgehead atoms. The van der Waals surface area contributed by atoms with Crippen LogP contribution in [0.3, 0.4) is 0 Å². The Bertz CT molecular complexity index is 1480. The van der Waals surface area contributed by atoms with Gasteiger partial charge in [0.2, 0.25) is 5.91 Å². The minimum Gasteiger partial charge on any atom is -0.348 e. The van der Waals surface area contributed by atoms with Crippen molar-refractivity contribution in [3.8, 4) is 16.9 Å². The molecule has 2 aromatic heterocycles. The van der Waals surface area contributed by atoms with Crippen LogP contribution in [-0.4, -0.2) is 24.8 Å². The van der Waals surface area contributed by atoms with E-state index in [1.54, 1.807) is 23.0 Å². The minimum atomic E-state index is -0.491. The fraction of sp³-hybridized carbons (Fsp3) is 0.120. The van der Waals surface area contributed by atoms with Gasteiger partial charge in [-0.3, -0.25) is 14.2 Å². The zero-order chi connectivity index (χ0) is 24.2. The van der Waals surface area contributed by atoms with E-state index >= 15 is 0 Å². The van der Waals surface area contributed by atoms with Crippen LogP contribution in [0.15, 0.2) is 82.7 Å². The van der Waals surface area contributed by atoms with Gasteiger partial charge in [-0.05, 0) is 42.5 Å². The number of aromatic nitrogens is 4. The molecule has 172 valence electrons. The van der Waals surface area contributed by atoms with Gasteiger partial charge in [-0.25, -0.2) is 13.9 Å². The second-order valence-corrected chi connectivity index (χ2v) is 7.68. The standard InChI is InChI=1S/C25H22FN5O3/c1-29-15-18(24(33)30(2)25(29)34)10-13-22(32)27-14-19-16-31(21-6-4-3-5-7-21)28-23(19)17-8-11-20(26)12-9-17/h3-13,15-16H,14H2,1-2H3,(H,27,32)/b13-10+. The van der Waals surface area contributed by atoms with Gasteiger partial charge in [-0.1, -0.05) is 18.2 Å². The molecule has 0 saturated carbocycles. The van der Waals surface area contributed by atoms with Crippen LogP contribution < -0.4 is 16.6 Å². The zero-order valence-electron chi connectivity index (χ0n) is 18.6. The third-order valence-electron chi connectivity index (χ3n) is 5.27. The third kappa shape index (κ3) is 4.78. The van der Waals surface area contributed by atoms with Crippen molar-refractivity contribution in [2.45, 2.75) is 6.54 Å². The maximum absolute atomic E-state index is 13.4. The maximum Gasteiger partial charge on any atom is 0.330 e. The van der Waals surface area contributed by atoms with Crippen LogP contribution >= 0.6 is 0 Å². The van der Waals surface area contributed by atoms with Crippen molar-refractivity contribution in [2.24, 2.45) is 14.1 Å². The maximum atomic E-state index is 13.4. The van der Waals surface area contributed by atoms with E-state index in [9.17, 15) is 18.8 Å². The lowest BCUT2D eigenvalue weighted by Crippen LogP contribution is -2.37. The fourth-order valence-corrected chi connectivity index (χ4v) is 3.46. The summed E-state index contributed by atoms with van der Waals surface area (Å²) in [6.45, 7) is 0.161. The van der Waals surface area contributed by atoms with Crippen LogP contribution in [0.1, 0.15) is 11.1 Å². The molecule has 4 aromatic rings. The van der Waals surface area contributed by atoms with E-state index in [-0.39, 0.29) is 17.9 Å². The molecule has 0 atom stereocenters. The fourth-order valence-electron chi connectivity index (χ4n) is 3.46. The number of hydrogen-bond donors (Lipinski definition) is 1. The van der Waals surface area contributed by atoms with E-state index in [1.165, 1.54) is 49.1 Å². The van der Waals surface area contributed by atoms with E-state index < -0.39 is 17.2 Å². The molecule has 0 aliphatic carbocycles. The van der Waals surface area contributed by atoms with Crippen molar-refractivity contribution < 1.29 is 9.18 Å². The molecule has 0 radical (unpaired) electrons. The number of halogens is 1. The zero-order valence-corrected chi connectivity index (χ0v) is 18.6. The first-order valence-electron chi connectivity index (χ1n) is 10.5. The molecular formula is C25H22FN5O3. The number of nitrogens with zero attached hydrogens (tertiary/aromatic N) is 4. The summed E-state index contributed by atoms with van der Waals surface area (Å²) in [7, 11) is 2.91. The number of aryl methyl sites for hydroxylation is 1. The topological polar surface area (TPSA) is 90.9 Å². The quantitative estimate of drug-likeness (QED) is 0.449. The summed E-state index contributed by atoms with van der Waals surface area (Å²) in [5.41, 5.74) is 2.17. The molecule has 34 heavy (non-hydrogen) atoms. The number of benzene rings is 2. The SMILES string of the molecule is Cn1cc(/C=C/C(=O)NCc2cn(-c3ccccc3)nc2-c2ccc(F)cc2)c(=O)n(C)c1=O. The van der Waals surface area contributed by atoms with Gasteiger partial charge < -0.3 is 9.88 Å². The van der Waals surface area contributed by atoms with Crippen LogP contribution in [0.25, 0.3) is 23.0 Å². The predicted molar refractivity (Wildman–Crippen MR) is 127 cm³/mol. The van der Waals surface area contributed by atoms with Crippen LogP contribution in [0.2, 0.25) is 0 Å². The van der Waals surface area contributed by atoms with Gasteiger partial charge in [0.25, 0.3) is 5.56 Å². The summed E-state index contributed by atoms with van der Waals surface area (Å²) in [5.74, 6) is -0.774. The van der Waals surface area contributed by atoms with Crippen molar-refractivity contribution in [2.75, 3.05) is 0 Å². The van der Waals surface area contributed by atoms with Crippen molar-refractivity contribution in [3.63, 3.8) is 0 Å². The Morgan fingerprint density at radius 2 is 1.74 bits per heavy atom. The van der Waals surface area contributed by atoms with Crippen LogP contribution in [0, 0.1) is 5.82 Å². The molecule has 8 nitrogen and oxygen atoms in total. The summed E-state index contributed by atoms with van der Waals surface area (Å²) in [6, 6.07) is 15.5. The number of amides is 1. The smallest absolute Gasteiger partial charge is 0.330 e. The van der Waals surface area contributed by atoms with Crippen LogP contribution in [-0.2, 0) is 25.4 Å². The predicted octanol–water partition coefficient (Wildman–Crippen LogP) is 2.41. The molecule has 1 N–H and O–H groups in total. The summed E-state index contributed by atoms with van der Waals surface area (Å²) in [6.07, 6.45) is 5.79. The summed E-state index contributed by atoms with van der Waals surface area (Å²) < 4.78 is 17.4. The van der Waals surface area contributed by atoms with E-state index in [4.69, 9.17) is 0 Å². The first-order chi connectivity index (χ1) is 16.3. The summed E-state index contributed by atoms with van der Waals surface area (Å²) in [4.78, 5) is 36.5. The number of carbonyl (C=O) groups excluding carboxylic acids is 1. The number of carbonyl (C=O) groups is 1. The van der Waals surface area contributed by atoms with E-state index in [0.717, 1.165) is 15.8 Å². The highest BCUT2D eigenvalue weighted by atomic mass is 19.1. The molecule has 0 unspecified atom stereocenters. The highest BCUT2D eigenvalue weighted by Gasteiger charge is 2.13. The normalized spacial score (nSPS) is 11.1. The van der Waals surface area contributed by atoms with Gasteiger partial charge in [-0.2, -0.15) is 5.10 Å². The monoisotopic (exact) mass is 459 g/mol. The molecule has 9 heteroatoms. The highest BCUT2D eigenvalue weighted by Crippen LogP contribution is 2.24. The van der Waals surface area contributed by atoms with Crippen molar-refractivity contribution in [1.29, 1.82) is 0 Å². The largest absolute Gasteiger partial charge is 0.348 e. The Morgan fingerprint density at radius 1 is 1.03 bits per heavy atom. The summed E-state index contributed by atoms with van der Waals surface area (Å²) in [5, 5.41) is 7.42. The van der Waals surface area contributed by atoms with E-state index in [2.05, 4.69) is 10.4 Å². The van der Waals surface area contributed by atoms with Gasteiger partial charge in [-0.15, -0.1) is 0 Å². The molecule has 1 amide bonds. The summed E-state index contributed by atoms with van der Waals surface area (Å²) >= 11 is 0. The lowest BCUT2D eigenvalue weighted by Gasteiger charge is -2.04. The van der Waals surface area contributed by atoms with Crippen molar-refractivity contribution >= 4 is 12.0 Å². The van der Waals surface area contributed by atoms with Gasteiger partial charge in [0, 0.05) is 50.2 Å². The van der Waals surface area contributed by atoms with Crippen molar-refractivity contribution in [1.82, 2.24) is 24.2 Å². The molecule has 2 aromatic carbocycles. The Balaban J connectivity index is 1.57. The molecule has 0 fully saturated rings. The average molecular weight is 459 g/mol. The van der Waals surface area contributed by atoms with Gasteiger partial charge in [0.15, 0.2) is 0 Å². The van der Waals surface area contributed by atoms with Crippen LogP contribution in [0.4, 0.5) is 4.39 Å². The third-order valence-corrected chi connectivity index (χ3v) is 5.27. The molecular weight excluding hydrogens is 437 g/mol. The highest BCUT2D eigenvalue weighted by molar-refractivity contribution is 5.91. The Kier molecular flexibility index (Phi) is 6.35. The number of rotatable bonds is 6. The molecule has 0 spiro atoms. The molecule has 0 aliphatic heterocycles. The molecule has 4 rings (SSSR count). The molecule has 0 aliphatic rings. The van der Waals surface area contributed by atoms with Crippen LogP contribution in [0.5, 0.6) is 0 Å². The first-order valence-corrected chi connectivity index (χ1v) is 10.5. The molecule has 2 heterocycles. The first kappa shape index (κ1) is 22.7. The van der Waals surface area contributed by atoms with Gasteiger partial charge in [0.1, 0.15) is 5.82 Å². The van der Waals surface area contributed by atoms with E-state index in [0.29, 0.717) is 11.3 Å². The Labute approximate surface area is 194 Å². The lowest BCUT2D eigenvalue weighted by atomic mass is 10.1. The van der Waals surface area contributed by atoms with E-state index in [1.807, 2.05) is 30.3 Å². The minimum absolute atomic E-state index is 0.161. The average Bonchev–Trinajstić information content (AvgIpc) is 3.28. The lowest BCUT2D eigenvalue weighted by molar-refractivity contribution is -0.116. The molecule has 0 saturated heterocycles. The number of hydrogen-bond acceptors (Lipinski definition) is 4. The Morgan fingerprint density at radius 3 is 2.44 bits per heavy atom. The second-order valence-electron chi connectivity index (χ2n) is 7.68. The number of nitrogens with one attached hydrogen (secondary N) is 1.